The van der Waals surface area contributed by atoms with Crippen molar-refractivity contribution in [2.24, 2.45) is 5.92 Å². The molecule has 0 spiro atoms. The van der Waals surface area contributed by atoms with Crippen molar-refractivity contribution in [1.82, 2.24) is 9.97 Å². The normalized spacial score (nSPS) is 22.2. The van der Waals surface area contributed by atoms with Crippen molar-refractivity contribution >= 4 is 28.4 Å². The molecule has 20 heavy (non-hydrogen) atoms. The summed E-state index contributed by atoms with van der Waals surface area (Å²) in [5.74, 6) is 3.53. The summed E-state index contributed by atoms with van der Waals surface area (Å²) in [5.41, 5.74) is 1.23. The maximum absolute atomic E-state index is 4.89. The number of halogens is 1. The number of nitrogens with zero attached hydrogens (tertiary/aromatic N) is 2. The number of aryl methyl sites for hydroxylation is 1. The van der Waals surface area contributed by atoms with Crippen LogP contribution in [-0.4, -0.2) is 16.5 Å². The molecule has 0 radical (unpaired) electrons. The zero-order chi connectivity index (χ0) is 14.5. The van der Waals surface area contributed by atoms with Crippen molar-refractivity contribution in [3.05, 3.63) is 15.1 Å². The van der Waals surface area contributed by atoms with E-state index in [0.29, 0.717) is 5.92 Å². The zero-order valence-corrected chi connectivity index (χ0v) is 15.0. The van der Waals surface area contributed by atoms with Gasteiger partial charge in [0.15, 0.2) is 0 Å². The fourth-order valence-electron chi connectivity index (χ4n) is 2.90. The largest absolute Gasteiger partial charge is 0.369 e. The molecule has 3 nitrogen and oxygen atoms in total. The summed E-state index contributed by atoms with van der Waals surface area (Å²) in [5, 5.41) is 3.48. The lowest BCUT2D eigenvalue weighted by atomic mass is 10.1. The Morgan fingerprint density at radius 1 is 1.20 bits per heavy atom. The Labute approximate surface area is 136 Å². The SMILES string of the molecule is CCCNc1nc(C2CCC(C)C2)nc(CCC)c1I. The second-order valence-corrected chi connectivity index (χ2v) is 7.06. The van der Waals surface area contributed by atoms with Gasteiger partial charge in [-0.3, -0.25) is 0 Å². The van der Waals surface area contributed by atoms with Crippen LogP contribution in [0.25, 0.3) is 0 Å². The summed E-state index contributed by atoms with van der Waals surface area (Å²) < 4.78 is 1.22. The maximum atomic E-state index is 4.89. The van der Waals surface area contributed by atoms with Gasteiger partial charge in [0.25, 0.3) is 0 Å². The van der Waals surface area contributed by atoms with Crippen molar-refractivity contribution in [1.29, 1.82) is 0 Å². The van der Waals surface area contributed by atoms with Crippen LogP contribution in [0.15, 0.2) is 0 Å². The smallest absolute Gasteiger partial charge is 0.143 e. The van der Waals surface area contributed by atoms with Crippen LogP contribution >= 0.6 is 22.6 Å². The predicted molar refractivity (Wildman–Crippen MR) is 93.3 cm³/mol. The van der Waals surface area contributed by atoms with Gasteiger partial charge in [0.2, 0.25) is 0 Å². The fraction of sp³-hybridized carbons (Fsp3) is 0.750. The minimum Gasteiger partial charge on any atom is -0.369 e. The minimum atomic E-state index is 0.569. The number of hydrogen-bond donors (Lipinski definition) is 1. The molecule has 1 aliphatic carbocycles. The van der Waals surface area contributed by atoms with E-state index in [9.17, 15) is 0 Å². The Hall–Kier alpha value is -0.390. The first-order chi connectivity index (χ1) is 9.65. The molecular formula is C16H26IN3. The maximum Gasteiger partial charge on any atom is 0.143 e. The molecule has 2 atom stereocenters. The molecule has 1 N–H and O–H groups in total. The van der Waals surface area contributed by atoms with E-state index in [1.165, 1.54) is 28.5 Å². The molecule has 0 aromatic carbocycles. The van der Waals surface area contributed by atoms with Gasteiger partial charge in [-0.15, -0.1) is 0 Å². The number of hydrogen-bond acceptors (Lipinski definition) is 3. The monoisotopic (exact) mass is 387 g/mol. The van der Waals surface area contributed by atoms with Gasteiger partial charge in [-0.2, -0.15) is 0 Å². The van der Waals surface area contributed by atoms with Gasteiger partial charge in [-0.1, -0.05) is 27.2 Å². The van der Waals surface area contributed by atoms with E-state index in [0.717, 1.165) is 43.4 Å². The molecule has 0 saturated heterocycles. The third-order valence-corrected chi connectivity index (χ3v) is 5.16. The predicted octanol–water partition coefficient (Wildman–Crippen LogP) is 4.76. The first-order valence-corrected chi connectivity index (χ1v) is 9.03. The highest BCUT2D eigenvalue weighted by molar-refractivity contribution is 14.1. The summed E-state index contributed by atoms with van der Waals surface area (Å²) in [6.45, 7) is 7.73. The van der Waals surface area contributed by atoms with E-state index in [1.54, 1.807) is 0 Å². The third-order valence-electron chi connectivity index (χ3n) is 4.03. The first-order valence-electron chi connectivity index (χ1n) is 7.95. The van der Waals surface area contributed by atoms with Gasteiger partial charge < -0.3 is 5.32 Å². The number of aromatic nitrogens is 2. The van der Waals surface area contributed by atoms with Crippen molar-refractivity contribution in [3.63, 3.8) is 0 Å². The zero-order valence-electron chi connectivity index (χ0n) is 12.9. The summed E-state index contributed by atoms with van der Waals surface area (Å²) in [7, 11) is 0. The minimum absolute atomic E-state index is 0.569. The summed E-state index contributed by atoms with van der Waals surface area (Å²) in [6, 6.07) is 0. The topological polar surface area (TPSA) is 37.8 Å². The Morgan fingerprint density at radius 2 is 2.00 bits per heavy atom. The summed E-state index contributed by atoms with van der Waals surface area (Å²) >= 11 is 2.40. The van der Waals surface area contributed by atoms with Crippen molar-refractivity contribution in [2.75, 3.05) is 11.9 Å². The first kappa shape index (κ1) is 16.0. The molecular weight excluding hydrogens is 361 g/mol. The van der Waals surface area contributed by atoms with Crippen LogP contribution in [0.2, 0.25) is 0 Å². The Morgan fingerprint density at radius 3 is 2.60 bits per heavy atom. The average molecular weight is 387 g/mol. The molecule has 112 valence electrons. The Bertz CT molecular complexity index is 448. The fourth-order valence-corrected chi connectivity index (χ4v) is 3.60. The van der Waals surface area contributed by atoms with Crippen LogP contribution in [0, 0.1) is 9.49 Å². The molecule has 1 heterocycles. The van der Waals surface area contributed by atoms with Crippen molar-refractivity contribution in [2.45, 2.75) is 65.2 Å². The molecule has 1 aromatic rings. The molecule has 4 heteroatoms. The molecule has 1 saturated carbocycles. The average Bonchev–Trinajstić information content (AvgIpc) is 2.86. The second-order valence-electron chi connectivity index (χ2n) is 5.98. The Balaban J connectivity index is 2.28. The molecule has 1 aliphatic rings. The lowest BCUT2D eigenvalue weighted by molar-refractivity contribution is 0.583. The number of rotatable bonds is 6. The van der Waals surface area contributed by atoms with Gasteiger partial charge in [0.05, 0.1) is 9.26 Å². The molecule has 2 unspecified atom stereocenters. The molecule has 1 fully saturated rings. The number of anilines is 1. The lowest BCUT2D eigenvalue weighted by Crippen LogP contribution is -2.12. The Kier molecular flexibility index (Phi) is 6.05. The summed E-state index contributed by atoms with van der Waals surface area (Å²) in [6.07, 6.45) is 7.14. The quantitative estimate of drug-likeness (QED) is 0.716. The highest BCUT2D eigenvalue weighted by Crippen LogP contribution is 2.37. The molecule has 2 rings (SSSR count). The van der Waals surface area contributed by atoms with E-state index < -0.39 is 0 Å². The van der Waals surface area contributed by atoms with Gasteiger partial charge in [0.1, 0.15) is 11.6 Å². The van der Waals surface area contributed by atoms with E-state index in [-0.39, 0.29) is 0 Å². The van der Waals surface area contributed by atoms with Gasteiger partial charge in [-0.05, 0) is 60.6 Å². The molecule has 1 aromatic heterocycles. The highest BCUT2D eigenvalue weighted by atomic mass is 127. The molecule has 0 aliphatic heterocycles. The van der Waals surface area contributed by atoms with Crippen molar-refractivity contribution in [3.8, 4) is 0 Å². The van der Waals surface area contributed by atoms with Gasteiger partial charge in [0, 0.05) is 12.5 Å². The second kappa shape index (κ2) is 7.57. The van der Waals surface area contributed by atoms with E-state index in [2.05, 4.69) is 48.7 Å². The van der Waals surface area contributed by atoms with Crippen LogP contribution in [0.4, 0.5) is 5.82 Å². The van der Waals surface area contributed by atoms with Crippen LogP contribution in [0.3, 0.4) is 0 Å². The van der Waals surface area contributed by atoms with Crippen molar-refractivity contribution < 1.29 is 0 Å². The van der Waals surface area contributed by atoms with E-state index >= 15 is 0 Å². The summed E-state index contributed by atoms with van der Waals surface area (Å²) in [4.78, 5) is 9.73. The number of nitrogens with one attached hydrogen (secondary N) is 1. The van der Waals surface area contributed by atoms with Gasteiger partial charge >= 0.3 is 0 Å². The van der Waals surface area contributed by atoms with Crippen LogP contribution in [-0.2, 0) is 6.42 Å². The van der Waals surface area contributed by atoms with Gasteiger partial charge in [-0.25, -0.2) is 9.97 Å². The van der Waals surface area contributed by atoms with E-state index in [4.69, 9.17) is 9.97 Å². The van der Waals surface area contributed by atoms with Crippen LogP contribution < -0.4 is 5.32 Å². The highest BCUT2D eigenvalue weighted by Gasteiger charge is 2.26. The van der Waals surface area contributed by atoms with Crippen LogP contribution in [0.1, 0.15) is 70.3 Å². The molecule has 0 amide bonds. The lowest BCUT2D eigenvalue weighted by Gasteiger charge is -2.15. The van der Waals surface area contributed by atoms with Crippen LogP contribution in [0.5, 0.6) is 0 Å². The standard InChI is InChI=1S/C16H26IN3/c1-4-6-13-14(17)16(18-9-5-2)20-15(19-13)12-8-7-11(3)10-12/h11-12H,4-10H2,1-3H3,(H,18,19,20). The molecule has 0 bridgehead atoms. The van der Waals surface area contributed by atoms with E-state index in [1.807, 2.05) is 0 Å². The third kappa shape index (κ3) is 3.83.